The predicted molar refractivity (Wildman–Crippen MR) is 126 cm³/mol. The number of carbonyl (C=O) groups is 2. The van der Waals surface area contributed by atoms with E-state index in [1.165, 1.54) is 11.3 Å². The van der Waals surface area contributed by atoms with Crippen LogP contribution in [0.4, 0.5) is 11.4 Å². The van der Waals surface area contributed by atoms with Gasteiger partial charge in [0, 0.05) is 16.8 Å². The Morgan fingerprint density at radius 2 is 1.69 bits per heavy atom. The molecule has 3 aromatic carbocycles. The minimum atomic E-state index is -0.551. The van der Waals surface area contributed by atoms with Crippen LogP contribution in [0.2, 0.25) is 0 Å². The lowest BCUT2D eigenvalue weighted by Gasteiger charge is -2.23. The zero-order valence-corrected chi connectivity index (χ0v) is 18.0. The molecule has 5 rings (SSSR count). The van der Waals surface area contributed by atoms with Crippen molar-refractivity contribution in [1.29, 1.82) is 0 Å². The van der Waals surface area contributed by atoms with E-state index in [4.69, 9.17) is 9.72 Å². The first-order chi connectivity index (χ1) is 15.6. The summed E-state index contributed by atoms with van der Waals surface area (Å²) < 4.78 is 5.59. The number of rotatable bonds is 4. The van der Waals surface area contributed by atoms with Crippen LogP contribution in [0.5, 0.6) is 5.75 Å². The number of thiazole rings is 1. The van der Waals surface area contributed by atoms with E-state index in [-0.39, 0.29) is 11.8 Å². The molecule has 0 fully saturated rings. The minimum Gasteiger partial charge on any atom is -0.479 e. The van der Waals surface area contributed by atoms with Crippen molar-refractivity contribution in [3.05, 3.63) is 83.7 Å². The summed E-state index contributed by atoms with van der Waals surface area (Å²) in [5.74, 6) is 0.0893. The zero-order valence-electron chi connectivity index (χ0n) is 17.2. The Hall–Kier alpha value is -3.97. The quantitative estimate of drug-likeness (QED) is 0.441. The molecule has 2 heterocycles. The normalized spacial score (nSPS) is 14.8. The van der Waals surface area contributed by atoms with Gasteiger partial charge in [0.2, 0.25) is 0 Å². The molecule has 1 aromatic heterocycles. The fraction of sp³-hybridized carbons (Fsp3) is 0.0800. The monoisotopic (exact) mass is 441 g/mol. The van der Waals surface area contributed by atoms with Crippen LogP contribution in [-0.2, 0) is 4.79 Å². The molecule has 0 unspecified atom stereocenters. The molecule has 0 aliphatic carbocycles. The van der Waals surface area contributed by atoms with E-state index in [2.05, 4.69) is 10.6 Å². The molecule has 4 aromatic rings. The highest BCUT2D eigenvalue weighted by Gasteiger charge is 2.25. The molecule has 158 valence electrons. The number of benzene rings is 3. The number of nitrogens with zero attached hydrogens (tertiary/aromatic N) is 1. The van der Waals surface area contributed by atoms with Gasteiger partial charge in [-0.05, 0) is 25.1 Å². The van der Waals surface area contributed by atoms with Gasteiger partial charge in [-0.1, -0.05) is 60.7 Å². The van der Waals surface area contributed by atoms with Gasteiger partial charge in [0.15, 0.2) is 6.10 Å². The third-order valence-corrected chi connectivity index (χ3v) is 6.17. The van der Waals surface area contributed by atoms with Gasteiger partial charge < -0.3 is 15.4 Å². The summed E-state index contributed by atoms with van der Waals surface area (Å²) in [6.07, 6.45) is -0.551. The van der Waals surface area contributed by atoms with Crippen molar-refractivity contribution in [1.82, 2.24) is 4.98 Å². The zero-order chi connectivity index (χ0) is 22.1. The Balaban J connectivity index is 1.49. The highest BCUT2D eigenvalue weighted by molar-refractivity contribution is 7.17. The van der Waals surface area contributed by atoms with E-state index in [0.717, 1.165) is 16.1 Å². The maximum Gasteiger partial charge on any atom is 0.268 e. The number of anilines is 2. The highest BCUT2D eigenvalue weighted by Crippen LogP contribution is 2.36. The van der Waals surface area contributed by atoms with E-state index in [1.807, 2.05) is 60.7 Å². The topological polar surface area (TPSA) is 80.3 Å². The highest BCUT2D eigenvalue weighted by atomic mass is 32.1. The van der Waals surface area contributed by atoms with Crippen molar-refractivity contribution in [3.8, 4) is 27.6 Å². The molecule has 0 bridgehead atoms. The summed E-state index contributed by atoms with van der Waals surface area (Å²) in [6.45, 7) is 1.69. The van der Waals surface area contributed by atoms with Crippen LogP contribution < -0.4 is 15.4 Å². The van der Waals surface area contributed by atoms with Crippen molar-refractivity contribution in [2.24, 2.45) is 0 Å². The maximum absolute atomic E-state index is 13.3. The molecule has 1 aliphatic rings. The molecule has 2 N–H and O–H groups in total. The molecule has 6 nitrogen and oxygen atoms in total. The van der Waals surface area contributed by atoms with Crippen LogP contribution >= 0.6 is 11.3 Å². The number of ether oxygens (including phenoxy) is 1. The van der Waals surface area contributed by atoms with Crippen LogP contribution in [0.3, 0.4) is 0 Å². The number of carbonyl (C=O) groups excluding carboxylic acids is 2. The fourth-order valence-corrected chi connectivity index (χ4v) is 4.43. The van der Waals surface area contributed by atoms with E-state index in [1.54, 1.807) is 25.1 Å². The largest absolute Gasteiger partial charge is 0.479 e. The van der Waals surface area contributed by atoms with Crippen molar-refractivity contribution in [3.63, 3.8) is 0 Å². The Kier molecular flexibility index (Phi) is 5.17. The van der Waals surface area contributed by atoms with Gasteiger partial charge in [-0.2, -0.15) is 0 Å². The summed E-state index contributed by atoms with van der Waals surface area (Å²) in [7, 11) is 0. The molecule has 0 spiro atoms. The lowest BCUT2D eigenvalue weighted by Crippen LogP contribution is -2.34. The number of hydrogen-bond donors (Lipinski definition) is 2. The second-order valence-electron chi connectivity index (χ2n) is 7.34. The maximum atomic E-state index is 13.3. The Labute approximate surface area is 188 Å². The molecule has 1 aliphatic heterocycles. The van der Waals surface area contributed by atoms with E-state index in [9.17, 15) is 9.59 Å². The molecular formula is C25H19N3O3S. The lowest BCUT2D eigenvalue weighted by atomic mass is 10.1. The average Bonchev–Trinajstić information content (AvgIpc) is 3.27. The first kappa shape index (κ1) is 20.0. The molecule has 0 radical (unpaired) electrons. The molecule has 7 heteroatoms. The number of nitrogens with one attached hydrogen (secondary N) is 2. The summed E-state index contributed by atoms with van der Waals surface area (Å²) in [4.78, 5) is 30.5. The number of aromatic nitrogens is 1. The summed E-state index contributed by atoms with van der Waals surface area (Å²) >= 11 is 1.35. The summed E-state index contributed by atoms with van der Waals surface area (Å²) in [5, 5.41) is 6.51. The first-order valence-corrected chi connectivity index (χ1v) is 10.9. The van der Waals surface area contributed by atoms with Gasteiger partial charge in [-0.3, -0.25) is 9.59 Å². The predicted octanol–water partition coefficient (Wildman–Crippen LogP) is 5.45. The van der Waals surface area contributed by atoms with Gasteiger partial charge >= 0.3 is 0 Å². The first-order valence-electron chi connectivity index (χ1n) is 10.1. The van der Waals surface area contributed by atoms with Crippen molar-refractivity contribution in [2.75, 3.05) is 10.6 Å². The third-order valence-electron chi connectivity index (χ3n) is 5.07. The molecule has 2 amide bonds. The SMILES string of the molecule is C[C@H]1Oc2ccc(NC(=O)c3sc(-c4ccccc4)nc3-c3ccccc3)cc2NC1=O. The standard InChI is InChI=1S/C25H19N3O3S/c1-15-23(29)27-19-14-18(12-13-20(19)31-15)26-24(30)22-21(16-8-4-2-5-9-16)28-25(32-22)17-10-6-3-7-11-17/h2-15H,1H3,(H,26,30)(H,27,29)/t15-/m1/s1. The van der Waals surface area contributed by atoms with Crippen molar-refractivity contribution < 1.29 is 14.3 Å². The number of amides is 2. The van der Waals surface area contributed by atoms with Gasteiger partial charge in [-0.15, -0.1) is 11.3 Å². The molecule has 0 saturated heterocycles. The average molecular weight is 442 g/mol. The van der Waals surface area contributed by atoms with E-state index < -0.39 is 6.10 Å². The van der Waals surface area contributed by atoms with E-state index >= 15 is 0 Å². The van der Waals surface area contributed by atoms with Gasteiger partial charge in [0.25, 0.3) is 11.8 Å². The van der Waals surface area contributed by atoms with Crippen molar-refractivity contribution >= 4 is 34.5 Å². The van der Waals surface area contributed by atoms with Crippen molar-refractivity contribution in [2.45, 2.75) is 13.0 Å². The summed E-state index contributed by atoms with van der Waals surface area (Å²) in [6, 6.07) is 24.6. The smallest absolute Gasteiger partial charge is 0.268 e. The van der Waals surface area contributed by atoms with Crippen LogP contribution in [0, 0.1) is 0 Å². The lowest BCUT2D eigenvalue weighted by molar-refractivity contribution is -0.122. The molecule has 0 saturated carbocycles. The molecule has 32 heavy (non-hydrogen) atoms. The van der Waals surface area contributed by atoms with Gasteiger partial charge in [0.05, 0.1) is 11.4 Å². The number of fused-ring (bicyclic) bond motifs is 1. The molecular weight excluding hydrogens is 422 g/mol. The van der Waals surface area contributed by atoms with Crippen LogP contribution in [0.1, 0.15) is 16.6 Å². The van der Waals surface area contributed by atoms with Crippen LogP contribution in [0.15, 0.2) is 78.9 Å². The second-order valence-corrected chi connectivity index (χ2v) is 8.34. The Morgan fingerprint density at radius 3 is 2.41 bits per heavy atom. The minimum absolute atomic E-state index is 0.220. The van der Waals surface area contributed by atoms with Crippen LogP contribution in [-0.4, -0.2) is 22.9 Å². The Morgan fingerprint density at radius 1 is 1.00 bits per heavy atom. The van der Waals surface area contributed by atoms with Gasteiger partial charge in [-0.25, -0.2) is 4.98 Å². The Bertz CT molecular complexity index is 1300. The third kappa shape index (κ3) is 3.86. The second kappa shape index (κ2) is 8.28. The molecule has 1 atom stereocenters. The number of hydrogen-bond acceptors (Lipinski definition) is 5. The van der Waals surface area contributed by atoms with Crippen LogP contribution in [0.25, 0.3) is 21.8 Å². The fourth-order valence-electron chi connectivity index (χ4n) is 3.44. The summed E-state index contributed by atoms with van der Waals surface area (Å²) in [5.41, 5.74) is 3.55. The van der Waals surface area contributed by atoms with Gasteiger partial charge in [0.1, 0.15) is 15.6 Å². The van der Waals surface area contributed by atoms with E-state index in [0.29, 0.717) is 27.7 Å².